The van der Waals surface area contributed by atoms with E-state index < -0.39 is 0 Å². The Kier molecular flexibility index (Phi) is 2.84. The monoisotopic (exact) mass is 195 g/mol. The van der Waals surface area contributed by atoms with Gasteiger partial charge in [0.2, 0.25) is 5.89 Å². The SMILES string of the molecule is CCN1CC[C@@H](C(N)c2ncco2)C1. The third-order valence-electron chi connectivity index (χ3n) is 3.00. The van der Waals surface area contributed by atoms with E-state index in [2.05, 4.69) is 16.8 Å². The molecule has 1 unspecified atom stereocenters. The van der Waals surface area contributed by atoms with E-state index in [1.54, 1.807) is 12.5 Å². The van der Waals surface area contributed by atoms with Gasteiger partial charge in [-0.05, 0) is 25.4 Å². The van der Waals surface area contributed by atoms with E-state index in [0.29, 0.717) is 11.8 Å². The number of hydrogen-bond acceptors (Lipinski definition) is 4. The fourth-order valence-electron chi connectivity index (χ4n) is 2.04. The second-order valence-electron chi connectivity index (χ2n) is 3.84. The van der Waals surface area contributed by atoms with Crippen molar-refractivity contribution < 1.29 is 4.42 Å². The Morgan fingerprint density at radius 3 is 3.21 bits per heavy atom. The van der Waals surface area contributed by atoms with Crippen molar-refractivity contribution in [2.45, 2.75) is 19.4 Å². The summed E-state index contributed by atoms with van der Waals surface area (Å²) in [5.74, 6) is 1.17. The summed E-state index contributed by atoms with van der Waals surface area (Å²) in [5.41, 5.74) is 6.08. The standard InChI is InChI=1S/C10H17N3O/c1-2-13-5-3-8(7-13)9(11)10-12-4-6-14-10/h4,6,8-9H,2-3,5,7,11H2,1H3/t8-,9?/m1/s1. The highest BCUT2D eigenvalue weighted by atomic mass is 16.3. The molecule has 4 heteroatoms. The fourth-order valence-corrected chi connectivity index (χ4v) is 2.04. The zero-order valence-electron chi connectivity index (χ0n) is 8.52. The molecular formula is C10H17N3O. The maximum Gasteiger partial charge on any atom is 0.211 e. The van der Waals surface area contributed by atoms with Gasteiger partial charge >= 0.3 is 0 Å². The molecule has 0 amide bonds. The van der Waals surface area contributed by atoms with Crippen LogP contribution in [0.2, 0.25) is 0 Å². The molecule has 0 radical (unpaired) electrons. The zero-order chi connectivity index (χ0) is 9.97. The third-order valence-corrected chi connectivity index (χ3v) is 3.00. The Balaban J connectivity index is 1.97. The van der Waals surface area contributed by atoms with Gasteiger partial charge in [0.25, 0.3) is 0 Å². The smallest absolute Gasteiger partial charge is 0.211 e. The van der Waals surface area contributed by atoms with Gasteiger partial charge < -0.3 is 15.1 Å². The quantitative estimate of drug-likeness (QED) is 0.782. The lowest BCUT2D eigenvalue weighted by atomic mass is 10.00. The van der Waals surface area contributed by atoms with E-state index in [0.717, 1.165) is 26.1 Å². The Hall–Kier alpha value is -0.870. The van der Waals surface area contributed by atoms with E-state index >= 15 is 0 Å². The highest BCUT2D eigenvalue weighted by molar-refractivity contribution is 4.95. The van der Waals surface area contributed by atoms with Crippen LogP contribution in [0.3, 0.4) is 0 Å². The Morgan fingerprint density at radius 1 is 1.79 bits per heavy atom. The first-order valence-electron chi connectivity index (χ1n) is 5.18. The van der Waals surface area contributed by atoms with Crippen molar-refractivity contribution >= 4 is 0 Å². The molecular weight excluding hydrogens is 178 g/mol. The molecule has 78 valence electrons. The minimum absolute atomic E-state index is 0.0402. The van der Waals surface area contributed by atoms with Gasteiger partial charge in [0.15, 0.2) is 0 Å². The lowest BCUT2D eigenvalue weighted by molar-refractivity contribution is 0.311. The molecule has 0 aromatic carbocycles. The Labute approximate surface area is 84.1 Å². The first kappa shape index (κ1) is 9.68. The van der Waals surface area contributed by atoms with Crippen LogP contribution in [0, 0.1) is 5.92 Å². The van der Waals surface area contributed by atoms with E-state index in [-0.39, 0.29) is 6.04 Å². The topological polar surface area (TPSA) is 55.3 Å². The number of aromatic nitrogens is 1. The number of oxazole rings is 1. The molecule has 1 saturated heterocycles. The third kappa shape index (κ3) is 1.81. The van der Waals surface area contributed by atoms with Crippen LogP contribution in [0.15, 0.2) is 16.9 Å². The molecule has 0 bridgehead atoms. The van der Waals surface area contributed by atoms with Gasteiger partial charge in [-0.25, -0.2) is 4.98 Å². The first-order valence-corrected chi connectivity index (χ1v) is 5.18. The molecule has 4 nitrogen and oxygen atoms in total. The predicted molar refractivity (Wildman–Crippen MR) is 53.7 cm³/mol. The predicted octanol–water partition coefficient (Wildman–Crippen LogP) is 1.02. The van der Waals surface area contributed by atoms with Gasteiger partial charge in [0.1, 0.15) is 6.26 Å². The highest BCUT2D eigenvalue weighted by Gasteiger charge is 2.29. The molecule has 2 heterocycles. The summed E-state index contributed by atoms with van der Waals surface area (Å²) >= 11 is 0. The average molecular weight is 195 g/mol. The van der Waals surface area contributed by atoms with Crippen LogP contribution in [-0.2, 0) is 0 Å². The van der Waals surface area contributed by atoms with E-state index in [9.17, 15) is 0 Å². The molecule has 0 spiro atoms. The van der Waals surface area contributed by atoms with Crippen molar-refractivity contribution in [1.82, 2.24) is 9.88 Å². The van der Waals surface area contributed by atoms with Crippen molar-refractivity contribution in [3.8, 4) is 0 Å². The molecule has 1 aromatic heterocycles. The second-order valence-corrected chi connectivity index (χ2v) is 3.84. The minimum Gasteiger partial charge on any atom is -0.447 e. The normalized spacial score (nSPS) is 25.4. The Bertz CT molecular complexity index is 273. The van der Waals surface area contributed by atoms with Crippen molar-refractivity contribution in [2.24, 2.45) is 11.7 Å². The summed E-state index contributed by atoms with van der Waals surface area (Å²) in [7, 11) is 0. The van der Waals surface area contributed by atoms with Gasteiger partial charge in [0, 0.05) is 6.54 Å². The van der Waals surface area contributed by atoms with Gasteiger partial charge in [0.05, 0.1) is 12.2 Å². The number of nitrogens with zero attached hydrogens (tertiary/aromatic N) is 2. The van der Waals surface area contributed by atoms with E-state index in [4.69, 9.17) is 10.2 Å². The molecule has 2 rings (SSSR count). The van der Waals surface area contributed by atoms with Crippen molar-refractivity contribution in [3.05, 3.63) is 18.4 Å². The zero-order valence-corrected chi connectivity index (χ0v) is 8.52. The Morgan fingerprint density at radius 2 is 2.64 bits per heavy atom. The number of rotatable bonds is 3. The van der Waals surface area contributed by atoms with Crippen LogP contribution in [0.25, 0.3) is 0 Å². The highest BCUT2D eigenvalue weighted by Crippen LogP contribution is 2.26. The number of likely N-dealkylation sites (tertiary alicyclic amines) is 1. The van der Waals surface area contributed by atoms with Crippen LogP contribution < -0.4 is 5.73 Å². The lowest BCUT2D eigenvalue weighted by Crippen LogP contribution is -2.26. The van der Waals surface area contributed by atoms with Crippen molar-refractivity contribution in [3.63, 3.8) is 0 Å². The largest absolute Gasteiger partial charge is 0.447 e. The van der Waals surface area contributed by atoms with Crippen LogP contribution in [-0.4, -0.2) is 29.5 Å². The van der Waals surface area contributed by atoms with Gasteiger partial charge in [-0.15, -0.1) is 0 Å². The van der Waals surface area contributed by atoms with Crippen molar-refractivity contribution in [1.29, 1.82) is 0 Å². The minimum atomic E-state index is -0.0402. The van der Waals surface area contributed by atoms with Crippen LogP contribution in [0.4, 0.5) is 0 Å². The molecule has 14 heavy (non-hydrogen) atoms. The maximum atomic E-state index is 6.08. The van der Waals surface area contributed by atoms with E-state index in [1.807, 2.05) is 0 Å². The van der Waals surface area contributed by atoms with E-state index in [1.165, 1.54) is 0 Å². The molecule has 2 N–H and O–H groups in total. The fraction of sp³-hybridized carbons (Fsp3) is 0.700. The van der Waals surface area contributed by atoms with Gasteiger partial charge in [-0.2, -0.15) is 0 Å². The summed E-state index contributed by atoms with van der Waals surface area (Å²) in [6.45, 7) is 5.50. The van der Waals surface area contributed by atoms with Crippen LogP contribution in [0.5, 0.6) is 0 Å². The summed E-state index contributed by atoms with van der Waals surface area (Å²) in [6.07, 6.45) is 4.39. The molecule has 2 atom stereocenters. The summed E-state index contributed by atoms with van der Waals surface area (Å²) < 4.78 is 5.22. The van der Waals surface area contributed by atoms with Crippen molar-refractivity contribution in [2.75, 3.05) is 19.6 Å². The first-order chi connectivity index (χ1) is 6.81. The molecule has 0 aliphatic carbocycles. The molecule has 1 aromatic rings. The van der Waals surface area contributed by atoms with Crippen LogP contribution >= 0.6 is 0 Å². The summed E-state index contributed by atoms with van der Waals surface area (Å²) in [5, 5.41) is 0. The van der Waals surface area contributed by atoms with Gasteiger partial charge in [-0.1, -0.05) is 6.92 Å². The molecule has 1 fully saturated rings. The molecule has 1 aliphatic heterocycles. The lowest BCUT2D eigenvalue weighted by Gasteiger charge is -2.16. The number of nitrogens with two attached hydrogens (primary N) is 1. The van der Waals surface area contributed by atoms with Crippen LogP contribution in [0.1, 0.15) is 25.3 Å². The molecule has 0 saturated carbocycles. The number of hydrogen-bond donors (Lipinski definition) is 1. The maximum absolute atomic E-state index is 6.08. The second kappa shape index (κ2) is 4.11. The van der Waals surface area contributed by atoms with Gasteiger partial charge in [-0.3, -0.25) is 0 Å². The molecule has 1 aliphatic rings. The summed E-state index contributed by atoms with van der Waals surface area (Å²) in [4.78, 5) is 6.51. The summed E-state index contributed by atoms with van der Waals surface area (Å²) in [6, 6.07) is -0.0402. The average Bonchev–Trinajstić information content (AvgIpc) is 2.88.